The molecule has 2 atom stereocenters. The summed E-state index contributed by atoms with van der Waals surface area (Å²) in [5.74, 6) is -58.1. The zero-order valence-corrected chi connectivity index (χ0v) is 23.4. The molecule has 1 aliphatic heterocycles. The molecule has 260 valence electrons. The quantitative estimate of drug-likeness (QED) is 0.117. The molecular formula is C24H22F17NO2S. The number of hydrogen-bond donors (Lipinski definition) is 0. The Kier molecular flexibility index (Phi) is 10.9. The van der Waals surface area contributed by atoms with Crippen LogP contribution in [0.1, 0.15) is 30.6 Å². The predicted molar refractivity (Wildman–Crippen MR) is 123 cm³/mol. The van der Waals surface area contributed by atoms with Crippen LogP contribution in [0.3, 0.4) is 0 Å². The van der Waals surface area contributed by atoms with Crippen molar-refractivity contribution in [2.45, 2.75) is 84.9 Å². The fraction of sp³-hybridized carbons (Fsp3) is 0.708. The van der Waals surface area contributed by atoms with E-state index in [0.717, 1.165) is 12.1 Å². The van der Waals surface area contributed by atoms with Crippen LogP contribution in [0, 0.1) is 0 Å². The topological polar surface area (TPSA) is 29.5 Å². The van der Waals surface area contributed by atoms with Gasteiger partial charge in [-0.15, -0.1) is 11.8 Å². The highest BCUT2D eigenvalue weighted by molar-refractivity contribution is 7.99. The van der Waals surface area contributed by atoms with Gasteiger partial charge in [-0.1, -0.05) is 12.1 Å². The van der Waals surface area contributed by atoms with Gasteiger partial charge in [-0.05, 0) is 26.0 Å². The average molecular weight is 711 g/mol. The first kappa shape index (κ1) is 39.1. The number of hydrogen-bond acceptors (Lipinski definition) is 4. The maximum atomic E-state index is 14.1. The van der Waals surface area contributed by atoms with Crippen LogP contribution in [0.4, 0.5) is 74.6 Å². The Balaban J connectivity index is 2.19. The minimum absolute atomic E-state index is 0.0871. The molecule has 0 radical (unpaired) electrons. The van der Waals surface area contributed by atoms with Crippen molar-refractivity contribution in [2.24, 2.45) is 0 Å². The summed E-state index contributed by atoms with van der Waals surface area (Å²) < 4.78 is 233. The summed E-state index contributed by atoms with van der Waals surface area (Å²) in [6.07, 6.45) is -10.5. The molecule has 1 aromatic carbocycles. The molecule has 1 saturated heterocycles. The van der Waals surface area contributed by atoms with Crippen molar-refractivity contribution >= 4 is 17.5 Å². The standard InChI is InChI=1S/C24H22F17NO2S/c1-12-11-42(8-9-44-12)13(2)16(43)14-3-5-15(6-4-14)45-10-7-17(25,26)18(27,28)19(29,30)20(31,32)21(33,34)22(35,36)23(37,38)24(39,40)41/h3-6,12-13H,7-11H2,1-2H3. The number of ketones is 1. The maximum absolute atomic E-state index is 14.1. The molecule has 1 aromatic rings. The third kappa shape index (κ3) is 6.71. The fourth-order valence-electron chi connectivity index (χ4n) is 3.97. The third-order valence-electron chi connectivity index (χ3n) is 6.81. The van der Waals surface area contributed by atoms with E-state index in [4.69, 9.17) is 4.74 Å². The summed E-state index contributed by atoms with van der Waals surface area (Å²) in [4.78, 5) is 14.4. The van der Waals surface area contributed by atoms with E-state index in [1.807, 2.05) is 0 Å². The van der Waals surface area contributed by atoms with Gasteiger partial charge in [0.25, 0.3) is 0 Å². The molecule has 45 heavy (non-hydrogen) atoms. The minimum atomic E-state index is -8.65. The second-order valence-electron chi connectivity index (χ2n) is 9.99. The number of nitrogens with zero attached hydrogens (tertiary/aromatic N) is 1. The smallest absolute Gasteiger partial charge is 0.376 e. The van der Waals surface area contributed by atoms with Crippen LogP contribution in [0.25, 0.3) is 0 Å². The Bertz CT molecular complexity index is 1190. The van der Waals surface area contributed by atoms with Crippen LogP contribution < -0.4 is 0 Å². The van der Waals surface area contributed by atoms with E-state index >= 15 is 0 Å². The number of carbonyl (C=O) groups is 1. The number of ether oxygens (including phenoxy) is 1. The van der Waals surface area contributed by atoms with Crippen molar-refractivity contribution in [3.8, 4) is 0 Å². The summed E-state index contributed by atoms with van der Waals surface area (Å²) in [6, 6.07) is 3.89. The first-order valence-corrected chi connectivity index (χ1v) is 13.3. The number of alkyl halides is 17. The Labute approximate surface area is 247 Å². The molecule has 0 saturated carbocycles. The van der Waals surface area contributed by atoms with E-state index in [-0.39, 0.29) is 28.3 Å². The lowest BCUT2D eigenvalue weighted by Gasteiger charge is -2.42. The first-order valence-electron chi connectivity index (χ1n) is 12.4. The Morgan fingerprint density at radius 3 is 1.67 bits per heavy atom. The van der Waals surface area contributed by atoms with Gasteiger partial charge in [0.1, 0.15) is 0 Å². The van der Waals surface area contributed by atoms with Crippen LogP contribution >= 0.6 is 11.8 Å². The lowest BCUT2D eigenvalue weighted by Crippen LogP contribution is -2.74. The van der Waals surface area contributed by atoms with E-state index in [2.05, 4.69) is 0 Å². The van der Waals surface area contributed by atoms with Crippen LogP contribution in [0.2, 0.25) is 0 Å². The van der Waals surface area contributed by atoms with Gasteiger partial charge in [0.2, 0.25) is 0 Å². The third-order valence-corrected chi connectivity index (χ3v) is 7.82. The Hall–Kier alpha value is -2.03. The van der Waals surface area contributed by atoms with Crippen molar-refractivity contribution in [2.75, 3.05) is 25.4 Å². The van der Waals surface area contributed by atoms with Gasteiger partial charge in [-0.25, -0.2) is 0 Å². The molecular weight excluding hydrogens is 689 g/mol. The highest BCUT2D eigenvalue weighted by Gasteiger charge is 2.95. The normalized spacial score (nSPS) is 19.5. The number of benzene rings is 1. The van der Waals surface area contributed by atoms with Crippen molar-refractivity contribution in [3.05, 3.63) is 29.8 Å². The van der Waals surface area contributed by atoms with E-state index < -0.39 is 71.6 Å². The molecule has 0 aromatic heterocycles. The summed E-state index contributed by atoms with van der Waals surface area (Å²) in [5.41, 5.74) is 0.0959. The SMILES string of the molecule is CC1CN(C(C)C(=O)c2ccc(SCCC(F)(F)C(F)(F)C(F)(F)C(F)(F)C(F)(F)C(F)(F)C(F)(F)C(F)(F)F)cc2)CCO1. The summed E-state index contributed by atoms with van der Waals surface area (Å²) in [7, 11) is 0. The predicted octanol–water partition coefficient (Wildman–Crippen LogP) is 8.47. The highest BCUT2D eigenvalue weighted by atomic mass is 32.2. The molecule has 0 amide bonds. The number of carbonyl (C=O) groups excluding carboxylic acids is 1. The lowest BCUT2D eigenvalue weighted by atomic mass is 9.88. The molecule has 0 aliphatic carbocycles. The molecule has 21 heteroatoms. The molecule has 3 nitrogen and oxygen atoms in total. The molecule has 2 rings (SSSR count). The summed E-state index contributed by atoms with van der Waals surface area (Å²) in [6.45, 7) is 4.56. The van der Waals surface area contributed by atoms with Gasteiger partial charge < -0.3 is 4.74 Å². The maximum Gasteiger partial charge on any atom is 0.460 e. The molecule has 0 N–H and O–H groups in total. The molecule has 0 spiro atoms. The summed E-state index contributed by atoms with van der Waals surface area (Å²) in [5, 5.41) is 0. The molecule has 1 heterocycles. The van der Waals surface area contributed by atoms with Crippen LogP contribution in [-0.2, 0) is 4.74 Å². The van der Waals surface area contributed by atoms with E-state index in [9.17, 15) is 79.4 Å². The molecule has 1 aliphatic rings. The van der Waals surface area contributed by atoms with Crippen LogP contribution in [-0.4, -0.2) is 95.9 Å². The van der Waals surface area contributed by atoms with E-state index in [1.54, 1.807) is 18.7 Å². The molecule has 1 fully saturated rings. The van der Waals surface area contributed by atoms with Gasteiger partial charge in [0.05, 0.1) is 18.8 Å². The Morgan fingerprint density at radius 2 is 1.22 bits per heavy atom. The van der Waals surface area contributed by atoms with Crippen molar-refractivity contribution in [1.29, 1.82) is 0 Å². The average Bonchev–Trinajstić information content (AvgIpc) is 2.91. The van der Waals surface area contributed by atoms with E-state index in [1.165, 1.54) is 12.1 Å². The number of halogens is 17. The van der Waals surface area contributed by atoms with Crippen molar-refractivity contribution in [1.82, 2.24) is 4.90 Å². The van der Waals surface area contributed by atoms with Crippen molar-refractivity contribution in [3.63, 3.8) is 0 Å². The second-order valence-corrected chi connectivity index (χ2v) is 11.2. The van der Waals surface area contributed by atoms with Crippen LogP contribution in [0.5, 0.6) is 0 Å². The van der Waals surface area contributed by atoms with Crippen LogP contribution in [0.15, 0.2) is 29.2 Å². The van der Waals surface area contributed by atoms with Gasteiger partial charge in [-0.3, -0.25) is 9.69 Å². The zero-order valence-electron chi connectivity index (χ0n) is 22.6. The van der Waals surface area contributed by atoms with Gasteiger partial charge in [-0.2, -0.15) is 74.6 Å². The van der Waals surface area contributed by atoms with Crippen molar-refractivity contribution < 1.29 is 84.2 Å². The summed E-state index contributed by atoms with van der Waals surface area (Å²) >= 11 is 0.178. The Morgan fingerprint density at radius 1 is 0.778 bits per heavy atom. The minimum Gasteiger partial charge on any atom is -0.376 e. The first-order chi connectivity index (χ1) is 20.0. The monoisotopic (exact) mass is 711 g/mol. The zero-order chi connectivity index (χ0) is 35.2. The van der Waals surface area contributed by atoms with Gasteiger partial charge in [0, 0.05) is 35.7 Å². The molecule has 2 unspecified atom stereocenters. The number of morpholine rings is 1. The number of Topliss-reactive ketones (excluding diaryl/α,β-unsaturated/α-hetero) is 1. The fourth-order valence-corrected chi connectivity index (χ4v) is 4.89. The molecule has 0 bridgehead atoms. The highest BCUT2D eigenvalue weighted by Crippen LogP contribution is 2.64. The van der Waals surface area contributed by atoms with E-state index in [0.29, 0.717) is 19.7 Å². The van der Waals surface area contributed by atoms with Gasteiger partial charge in [0.15, 0.2) is 5.78 Å². The number of thioether (sulfide) groups is 1. The lowest BCUT2D eigenvalue weighted by molar-refractivity contribution is -0.461. The second kappa shape index (κ2) is 12.5. The number of rotatable bonds is 13. The van der Waals surface area contributed by atoms with Gasteiger partial charge >= 0.3 is 47.6 Å². The largest absolute Gasteiger partial charge is 0.460 e.